The highest BCUT2D eigenvalue weighted by atomic mass is 16.6. The third kappa shape index (κ3) is 4.23. The number of hydrogen-bond acceptors (Lipinski definition) is 5. The van der Waals surface area contributed by atoms with Crippen LogP contribution in [0, 0.1) is 10.1 Å². The maximum Gasteiger partial charge on any atom is 0.310 e. The van der Waals surface area contributed by atoms with Gasteiger partial charge in [0, 0.05) is 18.2 Å². The molecule has 0 heterocycles. The monoisotopic (exact) mass is 281 g/mol. The molecule has 0 bridgehead atoms. The van der Waals surface area contributed by atoms with E-state index in [4.69, 9.17) is 0 Å². The van der Waals surface area contributed by atoms with Gasteiger partial charge < -0.3 is 15.7 Å². The molecule has 0 aliphatic rings. The van der Waals surface area contributed by atoms with E-state index in [0.29, 0.717) is 6.54 Å². The number of nitro groups is 1. The zero-order valence-electron chi connectivity index (χ0n) is 10.9. The number of carbonyl (C=O) groups excluding carboxylic acids is 2. The van der Waals surface area contributed by atoms with E-state index in [1.54, 1.807) is 0 Å². The second kappa shape index (κ2) is 7.07. The molecule has 0 spiro atoms. The van der Waals surface area contributed by atoms with Crippen LogP contribution in [0.1, 0.15) is 23.7 Å². The molecule has 0 radical (unpaired) electrons. The molecule has 0 fully saturated rings. The number of nitro benzene ring substituents is 1. The van der Waals surface area contributed by atoms with Gasteiger partial charge in [0.2, 0.25) is 5.91 Å². The predicted molar refractivity (Wildman–Crippen MR) is 70.4 cm³/mol. The van der Waals surface area contributed by atoms with Crippen molar-refractivity contribution in [2.75, 3.05) is 13.1 Å². The minimum absolute atomic E-state index is 0.0383. The van der Waals surface area contributed by atoms with Gasteiger partial charge >= 0.3 is 5.69 Å². The number of amides is 2. The lowest BCUT2D eigenvalue weighted by Gasteiger charge is -2.06. The SMILES string of the molecule is CCCNC(=O)CNC(=O)c1ccc([N+](=O)[O-])c(O)c1. The Kier molecular flexibility index (Phi) is 5.45. The van der Waals surface area contributed by atoms with E-state index in [0.717, 1.165) is 18.6 Å². The van der Waals surface area contributed by atoms with Crippen molar-refractivity contribution >= 4 is 17.5 Å². The summed E-state index contributed by atoms with van der Waals surface area (Å²) in [7, 11) is 0. The minimum Gasteiger partial charge on any atom is -0.502 e. The van der Waals surface area contributed by atoms with Gasteiger partial charge in [-0.15, -0.1) is 0 Å². The van der Waals surface area contributed by atoms with Crippen LogP contribution in [0.15, 0.2) is 18.2 Å². The maximum atomic E-state index is 11.7. The van der Waals surface area contributed by atoms with Gasteiger partial charge in [-0.1, -0.05) is 6.92 Å². The molecule has 3 N–H and O–H groups in total. The van der Waals surface area contributed by atoms with Crippen molar-refractivity contribution in [3.63, 3.8) is 0 Å². The molecule has 0 aromatic heterocycles. The van der Waals surface area contributed by atoms with E-state index in [-0.39, 0.29) is 18.0 Å². The molecule has 108 valence electrons. The zero-order chi connectivity index (χ0) is 15.1. The first-order valence-corrected chi connectivity index (χ1v) is 5.98. The van der Waals surface area contributed by atoms with Gasteiger partial charge in [-0.3, -0.25) is 19.7 Å². The molecule has 0 saturated carbocycles. The highest BCUT2D eigenvalue weighted by Crippen LogP contribution is 2.25. The minimum atomic E-state index is -0.755. The van der Waals surface area contributed by atoms with Crippen molar-refractivity contribution in [1.82, 2.24) is 10.6 Å². The van der Waals surface area contributed by atoms with Crippen molar-refractivity contribution in [2.45, 2.75) is 13.3 Å². The molecule has 0 unspecified atom stereocenters. The molecule has 0 aliphatic carbocycles. The van der Waals surface area contributed by atoms with E-state index in [9.17, 15) is 24.8 Å². The van der Waals surface area contributed by atoms with Gasteiger partial charge in [0.1, 0.15) is 0 Å². The summed E-state index contributed by atoms with van der Waals surface area (Å²) in [6.07, 6.45) is 0.788. The largest absolute Gasteiger partial charge is 0.502 e. The molecule has 20 heavy (non-hydrogen) atoms. The Morgan fingerprint density at radius 2 is 2.05 bits per heavy atom. The summed E-state index contributed by atoms with van der Waals surface area (Å²) in [5, 5.41) is 24.8. The van der Waals surface area contributed by atoms with Gasteiger partial charge in [-0.05, 0) is 18.6 Å². The normalized spacial score (nSPS) is 9.85. The van der Waals surface area contributed by atoms with Gasteiger partial charge in [0.25, 0.3) is 5.91 Å². The molecular weight excluding hydrogens is 266 g/mol. The van der Waals surface area contributed by atoms with Crippen molar-refractivity contribution in [1.29, 1.82) is 0 Å². The van der Waals surface area contributed by atoms with Gasteiger partial charge in [0.05, 0.1) is 11.5 Å². The predicted octanol–water partition coefficient (Wildman–Crippen LogP) is 0.556. The molecule has 2 amide bonds. The van der Waals surface area contributed by atoms with Gasteiger partial charge in [0.15, 0.2) is 5.75 Å². The van der Waals surface area contributed by atoms with E-state index < -0.39 is 22.3 Å². The Morgan fingerprint density at radius 3 is 2.60 bits per heavy atom. The number of phenols is 1. The fraction of sp³-hybridized carbons (Fsp3) is 0.333. The fourth-order valence-electron chi connectivity index (χ4n) is 1.41. The quantitative estimate of drug-likeness (QED) is 0.519. The molecule has 1 rings (SSSR count). The summed E-state index contributed by atoms with van der Waals surface area (Å²) in [6, 6.07) is 3.22. The first-order chi connectivity index (χ1) is 9.45. The standard InChI is InChI=1S/C12H15N3O5/c1-2-5-13-11(17)7-14-12(18)8-3-4-9(15(19)20)10(16)6-8/h3-4,6,16H,2,5,7H2,1H3,(H,13,17)(H,14,18). The number of phenolic OH excluding ortho intramolecular Hbond substituents is 1. The van der Waals surface area contributed by atoms with Crippen molar-refractivity contribution in [3.8, 4) is 5.75 Å². The zero-order valence-corrected chi connectivity index (χ0v) is 10.9. The topological polar surface area (TPSA) is 122 Å². The summed E-state index contributed by atoms with van der Waals surface area (Å²) >= 11 is 0. The van der Waals surface area contributed by atoms with Crippen LogP contribution in [0.5, 0.6) is 5.75 Å². The summed E-state index contributed by atoms with van der Waals surface area (Å²) in [5.74, 6) is -1.52. The second-order valence-electron chi connectivity index (χ2n) is 3.99. The first kappa shape index (κ1) is 15.4. The lowest BCUT2D eigenvalue weighted by atomic mass is 10.2. The van der Waals surface area contributed by atoms with Crippen LogP contribution in [0.3, 0.4) is 0 Å². The maximum absolute atomic E-state index is 11.7. The van der Waals surface area contributed by atoms with Crippen LogP contribution in [0.4, 0.5) is 5.69 Å². The van der Waals surface area contributed by atoms with Crippen molar-refractivity contribution in [3.05, 3.63) is 33.9 Å². The average Bonchev–Trinajstić information content (AvgIpc) is 2.41. The summed E-state index contributed by atoms with van der Waals surface area (Å²) in [6.45, 7) is 2.22. The summed E-state index contributed by atoms with van der Waals surface area (Å²) < 4.78 is 0. The average molecular weight is 281 g/mol. The summed E-state index contributed by atoms with van der Waals surface area (Å²) in [4.78, 5) is 32.7. The van der Waals surface area contributed by atoms with E-state index >= 15 is 0 Å². The second-order valence-corrected chi connectivity index (χ2v) is 3.99. The van der Waals surface area contributed by atoms with Crippen LogP contribution >= 0.6 is 0 Å². The molecule has 8 heteroatoms. The van der Waals surface area contributed by atoms with Gasteiger partial charge in [-0.2, -0.15) is 0 Å². The van der Waals surface area contributed by atoms with E-state index in [1.165, 1.54) is 6.07 Å². The van der Waals surface area contributed by atoms with Crippen LogP contribution in [-0.4, -0.2) is 34.9 Å². The van der Waals surface area contributed by atoms with Crippen LogP contribution < -0.4 is 10.6 Å². The summed E-state index contributed by atoms with van der Waals surface area (Å²) in [5.41, 5.74) is -0.446. The molecule has 0 atom stereocenters. The molecule has 8 nitrogen and oxygen atoms in total. The van der Waals surface area contributed by atoms with Crippen molar-refractivity contribution < 1.29 is 19.6 Å². The molecular formula is C12H15N3O5. The molecule has 1 aromatic rings. The molecule has 1 aromatic carbocycles. The fourth-order valence-corrected chi connectivity index (χ4v) is 1.41. The van der Waals surface area contributed by atoms with Gasteiger partial charge in [-0.25, -0.2) is 0 Å². The van der Waals surface area contributed by atoms with Crippen LogP contribution in [0.2, 0.25) is 0 Å². The van der Waals surface area contributed by atoms with E-state index in [2.05, 4.69) is 10.6 Å². The number of aromatic hydroxyl groups is 1. The highest BCUT2D eigenvalue weighted by molar-refractivity contribution is 5.97. The third-order valence-electron chi connectivity index (χ3n) is 2.42. The lowest BCUT2D eigenvalue weighted by Crippen LogP contribution is -2.37. The number of hydrogen-bond donors (Lipinski definition) is 3. The highest BCUT2D eigenvalue weighted by Gasteiger charge is 2.16. The Labute approximate surface area is 114 Å². The molecule has 0 aliphatic heterocycles. The number of rotatable bonds is 6. The first-order valence-electron chi connectivity index (χ1n) is 5.98. The lowest BCUT2D eigenvalue weighted by molar-refractivity contribution is -0.385. The van der Waals surface area contributed by atoms with Crippen LogP contribution in [-0.2, 0) is 4.79 Å². The Morgan fingerprint density at radius 1 is 1.35 bits per heavy atom. The van der Waals surface area contributed by atoms with Crippen LogP contribution in [0.25, 0.3) is 0 Å². The number of nitrogens with zero attached hydrogens (tertiary/aromatic N) is 1. The Hall–Kier alpha value is -2.64. The number of nitrogens with one attached hydrogen (secondary N) is 2. The number of carbonyl (C=O) groups is 2. The van der Waals surface area contributed by atoms with E-state index in [1.807, 2.05) is 6.92 Å². The smallest absolute Gasteiger partial charge is 0.310 e. The Bertz CT molecular complexity index is 530. The molecule has 0 saturated heterocycles. The number of benzene rings is 1. The van der Waals surface area contributed by atoms with Crippen molar-refractivity contribution in [2.24, 2.45) is 0 Å². The third-order valence-corrected chi connectivity index (χ3v) is 2.42. The Balaban J connectivity index is 2.62.